The van der Waals surface area contributed by atoms with Crippen molar-refractivity contribution < 1.29 is 4.79 Å². The van der Waals surface area contributed by atoms with E-state index in [0.717, 1.165) is 43.7 Å². The molecule has 1 saturated heterocycles. The summed E-state index contributed by atoms with van der Waals surface area (Å²) >= 11 is 0. The topological polar surface area (TPSA) is 45.2 Å². The summed E-state index contributed by atoms with van der Waals surface area (Å²) in [5.41, 5.74) is 2.10. The fraction of sp³-hybridized carbons (Fsp3) is 0.647. The first-order valence-corrected chi connectivity index (χ1v) is 8.13. The molecule has 4 nitrogen and oxygen atoms in total. The van der Waals surface area contributed by atoms with Crippen molar-refractivity contribution in [2.75, 3.05) is 19.6 Å². The summed E-state index contributed by atoms with van der Waals surface area (Å²) in [6, 6.07) is 3.96. The summed E-state index contributed by atoms with van der Waals surface area (Å²) in [6.07, 6.45) is 8.31. The molecule has 1 saturated carbocycles. The Labute approximate surface area is 126 Å². The summed E-state index contributed by atoms with van der Waals surface area (Å²) in [5, 5.41) is 3.50. The van der Waals surface area contributed by atoms with Crippen molar-refractivity contribution in [3.63, 3.8) is 0 Å². The predicted octanol–water partition coefficient (Wildman–Crippen LogP) is 2.07. The first-order valence-electron chi connectivity index (χ1n) is 8.13. The molecule has 0 radical (unpaired) electrons. The Hall–Kier alpha value is -1.42. The summed E-state index contributed by atoms with van der Waals surface area (Å²) in [4.78, 5) is 19.4. The van der Waals surface area contributed by atoms with Crippen LogP contribution in [0.25, 0.3) is 0 Å². The Morgan fingerprint density at radius 2 is 2.19 bits per heavy atom. The van der Waals surface area contributed by atoms with Crippen LogP contribution in [0.4, 0.5) is 0 Å². The van der Waals surface area contributed by atoms with Gasteiger partial charge in [0.2, 0.25) is 5.91 Å². The number of nitrogens with zero attached hydrogens (tertiary/aromatic N) is 2. The first-order chi connectivity index (χ1) is 10.2. The van der Waals surface area contributed by atoms with Crippen LogP contribution in [0.2, 0.25) is 0 Å². The van der Waals surface area contributed by atoms with Crippen LogP contribution >= 0.6 is 0 Å². The molecule has 1 aromatic rings. The van der Waals surface area contributed by atoms with E-state index in [4.69, 9.17) is 0 Å². The van der Waals surface area contributed by atoms with Gasteiger partial charge in [0.1, 0.15) is 0 Å². The SMILES string of the molecule is Cc1cccnc1CC(=O)N1CCNCC12CCCCC2. The van der Waals surface area contributed by atoms with Gasteiger partial charge in [-0.2, -0.15) is 0 Å². The summed E-state index contributed by atoms with van der Waals surface area (Å²) in [6.45, 7) is 4.74. The van der Waals surface area contributed by atoms with Gasteiger partial charge in [-0.25, -0.2) is 0 Å². The lowest BCUT2D eigenvalue weighted by Crippen LogP contribution is -2.64. The van der Waals surface area contributed by atoms with Gasteiger partial charge < -0.3 is 10.2 Å². The van der Waals surface area contributed by atoms with Gasteiger partial charge in [-0.3, -0.25) is 9.78 Å². The minimum atomic E-state index is 0.0657. The lowest BCUT2D eigenvalue weighted by Gasteiger charge is -2.50. The van der Waals surface area contributed by atoms with Gasteiger partial charge in [-0.1, -0.05) is 25.3 Å². The van der Waals surface area contributed by atoms with E-state index < -0.39 is 0 Å². The van der Waals surface area contributed by atoms with Gasteiger partial charge in [-0.05, 0) is 31.4 Å². The fourth-order valence-corrected chi connectivity index (χ4v) is 3.83. The molecule has 2 aliphatic rings. The molecule has 0 bridgehead atoms. The Morgan fingerprint density at radius 1 is 1.38 bits per heavy atom. The molecular weight excluding hydrogens is 262 g/mol. The number of carbonyl (C=O) groups is 1. The summed E-state index contributed by atoms with van der Waals surface area (Å²) < 4.78 is 0. The number of amides is 1. The number of aryl methyl sites for hydroxylation is 1. The quantitative estimate of drug-likeness (QED) is 0.905. The van der Waals surface area contributed by atoms with Crippen LogP contribution in [0.5, 0.6) is 0 Å². The lowest BCUT2D eigenvalue weighted by atomic mass is 9.79. The number of hydrogen-bond acceptors (Lipinski definition) is 3. The molecule has 21 heavy (non-hydrogen) atoms. The highest BCUT2D eigenvalue weighted by Gasteiger charge is 2.42. The molecule has 0 aromatic carbocycles. The third kappa shape index (κ3) is 2.95. The molecule has 1 N–H and O–H groups in total. The predicted molar refractivity (Wildman–Crippen MR) is 83.1 cm³/mol. The molecule has 2 heterocycles. The van der Waals surface area contributed by atoms with E-state index in [-0.39, 0.29) is 11.4 Å². The number of carbonyl (C=O) groups excluding carboxylic acids is 1. The van der Waals surface area contributed by atoms with E-state index in [1.165, 1.54) is 19.3 Å². The Balaban J connectivity index is 1.77. The van der Waals surface area contributed by atoms with Crippen LogP contribution in [0.15, 0.2) is 18.3 Å². The fourth-order valence-electron chi connectivity index (χ4n) is 3.83. The molecule has 114 valence electrons. The average molecular weight is 287 g/mol. The van der Waals surface area contributed by atoms with Crippen LogP contribution < -0.4 is 5.32 Å². The van der Waals surface area contributed by atoms with Crippen molar-refractivity contribution in [3.05, 3.63) is 29.6 Å². The zero-order valence-corrected chi connectivity index (χ0v) is 12.9. The Kier molecular flexibility index (Phi) is 4.24. The third-order valence-corrected chi connectivity index (χ3v) is 5.06. The number of nitrogens with one attached hydrogen (secondary N) is 1. The van der Waals surface area contributed by atoms with Gasteiger partial charge >= 0.3 is 0 Å². The summed E-state index contributed by atoms with van der Waals surface area (Å²) in [7, 11) is 0. The highest BCUT2D eigenvalue weighted by molar-refractivity contribution is 5.79. The average Bonchev–Trinajstić information content (AvgIpc) is 2.51. The van der Waals surface area contributed by atoms with Crippen molar-refractivity contribution in [3.8, 4) is 0 Å². The second kappa shape index (κ2) is 6.14. The van der Waals surface area contributed by atoms with Gasteiger partial charge in [0.15, 0.2) is 0 Å². The summed E-state index contributed by atoms with van der Waals surface area (Å²) in [5.74, 6) is 0.250. The maximum Gasteiger partial charge on any atom is 0.229 e. The number of hydrogen-bond donors (Lipinski definition) is 1. The molecule has 1 amide bonds. The van der Waals surface area contributed by atoms with Crippen LogP contribution in [0, 0.1) is 6.92 Å². The van der Waals surface area contributed by atoms with Crippen molar-refractivity contribution in [2.24, 2.45) is 0 Å². The maximum absolute atomic E-state index is 12.9. The van der Waals surface area contributed by atoms with Crippen molar-refractivity contribution in [1.82, 2.24) is 15.2 Å². The lowest BCUT2D eigenvalue weighted by molar-refractivity contribution is -0.140. The monoisotopic (exact) mass is 287 g/mol. The van der Waals surface area contributed by atoms with Gasteiger partial charge in [-0.15, -0.1) is 0 Å². The third-order valence-electron chi connectivity index (χ3n) is 5.06. The normalized spacial score (nSPS) is 21.5. The van der Waals surface area contributed by atoms with Gasteiger partial charge in [0.25, 0.3) is 0 Å². The largest absolute Gasteiger partial charge is 0.334 e. The Bertz CT molecular complexity index is 500. The number of piperazine rings is 1. The van der Waals surface area contributed by atoms with E-state index in [2.05, 4.69) is 15.2 Å². The minimum Gasteiger partial charge on any atom is -0.334 e. The zero-order chi connectivity index (χ0) is 14.7. The molecule has 1 aliphatic heterocycles. The zero-order valence-electron chi connectivity index (χ0n) is 12.9. The highest BCUT2D eigenvalue weighted by Crippen LogP contribution is 2.35. The standard InChI is InChI=1S/C17H25N3O/c1-14-6-5-9-19-15(14)12-16(21)20-11-10-18-13-17(20)7-3-2-4-8-17/h5-6,9,18H,2-4,7-8,10-13H2,1H3. The molecule has 1 aromatic heterocycles. The van der Waals surface area contributed by atoms with Crippen LogP contribution in [0.3, 0.4) is 0 Å². The Morgan fingerprint density at radius 3 is 2.95 bits per heavy atom. The number of aromatic nitrogens is 1. The first kappa shape index (κ1) is 14.5. The molecule has 1 spiro atoms. The molecule has 4 heteroatoms. The van der Waals surface area contributed by atoms with E-state index in [1.807, 2.05) is 19.1 Å². The van der Waals surface area contributed by atoms with Crippen molar-refractivity contribution in [2.45, 2.75) is 51.0 Å². The van der Waals surface area contributed by atoms with Crippen molar-refractivity contribution >= 4 is 5.91 Å². The molecule has 3 rings (SSSR count). The van der Waals surface area contributed by atoms with E-state index in [9.17, 15) is 4.79 Å². The number of rotatable bonds is 2. The molecule has 0 unspecified atom stereocenters. The maximum atomic E-state index is 12.9. The molecule has 1 aliphatic carbocycles. The smallest absolute Gasteiger partial charge is 0.229 e. The van der Waals surface area contributed by atoms with Gasteiger partial charge in [0.05, 0.1) is 17.7 Å². The van der Waals surface area contributed by atoms with Crippen LogP contribution in [-0.4, -0.2) is 41.0 Å². The molecule has 2 fully saturated rings. The molecular formula is C17H25N3O. The van der Waals surface area contributed by atoms with Crippen molar-refractivity contribution in [1.29, 1.82) is 0 Å². The van der Waals surface area contributed by atoms with E-state index in [0.29, 0.717) is 6.42 Å². The minimum absolute atomic E-state index is 0.0657. The van der Waals surface area contributed by atoms with E-state index >= 15 is 0 Å². The van der Waals surface area contributed by atoms with E-state index in [1.54, 1.807) is 6.20 Å². The van der Waals surface area contributed by atoms with Crippen LogP contribution in [0.1, 0.15) is 43.4 Å². The number of pyridine rings is 1. The molecule has 0 atom stereocenters. The second-order valence-electron chi connectivity index (χ2n) is 6.45. The highest BCUT2D eigenvalue weighted by atomic mass is 16.2. The van der Waals surface area contributed by atoms with Gasteiger partial charge in [0, 0.05) is 25.8 Å². The van der Waals surface area contributed by atoms with Crippen LogP contribution in [-0.2, 0) is 11.2 Å². The second-order valence-corrected chi connectivity index (χ2v) is 6.45.